The predicted molar refractivity (Wildman–Crippen MR) is 79.3 cm³/mol. The summed E-state index contributed by atoms with van der Waals surface area (Å²) in [5.74, 6) is 1.20. The van der Waals surface area contributed by atoms with Gasteiger partial charge < -0.3 is 5.32 Å². The van der Waals surface area contributed by atoms with E-state index in [2.05, 4.69) is 30.4 Å². The highest BCUT2D eigenvalue weighted by atomic mass is 32.2. The third-order valence-corrected chi connectivity index (χ3v) is 4.30. The maximum atomic E-state index is 11.1. The molecule has 9 nitrogen and oxygen atoms in total. The predicted octanol–water partition coefficient (Wildman–Crippen LogP) is 0.0208. The molecule has 0 saturated heterocycles. The van der Waals surface area contributed by atoms with Crippen LogP contribution in [0.15, 0.2) is 17.8 Å². The van der Waals surface area contributed by atoms with Gasteiger partial charge >= 0.3 is 0 Å². The topological polar surface area (TPSA) is 116 Å². The second kappa shape index (κ2) is 6.80. The van der Waals surface area contributed by atoms with Crippen LogP contribution in [0.2, 0.25) is 0 Å². The van der Waals surface area contributed by atoms with Gasteiger partial charge in [0.1, 0.15) is 22.5 Å². The van der Waals surface area contributed by atoms with Gasteiger partial charge in [-0.15, -0.1) is 0 Å². The number of sulfone groups is 1. The molecule has 0 radical (unpaired) electrons. The minimum Gasteiger partial charge on any atom is -0.354 e. The third kappa shape index (κ3) is 4.93. The van der Waals surface area contributed by atoms with E-state index in [4.69, 9.17) is 0 Å². The van der Waals surface area contributed by atoms with Gasteiger partial charge in [0.2, 0.25) is 5.95 Å². The molecule has 0 aromatic carbocycles. The van der Waals surface area contributed by atoms with Gasteiger partial charge in [-0.05, 0) is 6.92 Å². The smallest absolute Gasteiger partial charge is 0.257 e. The Morgan fingerprint density at radius 2 is 2.14 bits per heavy atom. The average Bonchev–Trinajstić information content (AvgIpc) is 2.91. The van der Waals surface area contributed by atoms with Crippen LogP contribution in [0.5, 0.6) is 0 Å². The Bertz CT molecular complexity index is 687. The van der Waals surface area contributed by atoms with Crippen LogP contribution in [0.25, 0.3) is 5.95 Å². The first kappa shape index (κ1) is 15.6. The lowest BCUT2D eigenvalue weighted by Crippen LogP contribution is -2.11. The van der Waals surface area contributed by atoms with Gasteiger partial charge in [0.25, 0.3) is 5.95 Å². The van der Waals surface area contributed by atoms with E-state index in [1.165, 1.54) is 35.4 Å². The Balaban J connectivity index is 2.19. The van der Waals surface area contributed by atoms with Crippen molar-refractivity contribution in [3.05, 3.63) is 12.7 Å². The normalized spacial score (nSPS) is 11.5. The molecule has 0 aliphatic carbocycles. The van der Waals surface area contributed by atoms with Gasteiger partial charge in [0.05, 0.1) is 5.75 Å². The first-order valence-electron chi connectivity index (χ1n) is 6.13. The minimum atomic E-state index is -3.00. The van der Waals surface area contributed by atoms with Crippen molar-refractivity contribution >= 4 is 27.5 Å². The van der Waals surface area contributed by atoms with Crippen molar-refractivity contribution in [3.63, 3.8) is 0 Å². The summed E-state index contributed by atoms with van der Waals surface area (Å²) in [5, 5.41) is 7.41. The Labute approximate surface area is 126 Å². The van der Waals surface area contributed by atoms with Gasteiger partial charge in [-0.25, -0.2) is 13.4 Å². The summed E-state index contributed by atoms with van der Waals surface area (Å²) in [7, 11) is -3.00. The van der Waals surface area contributed by atoms with Crippen molar-refractivity contribution in [2.24, 2.45) is 0 Å². The molecular weight excluding hydrogens is 314 g/mol. The summed E-state index contributed by atoms with van der Waals surface area (Å²) < 4.78 is 23.7. The van der Waals surface area contributed by atoms with Crippen LogP contribution in [-0.2, 0) is 9.84 Å². The molecule has 114 valence electrons. The summed E-state index contributed by atoms with van der Waals surface area (Å²) >= 11 is 1.26. The zero-order valence-corrected chi connectivity index (χ0v) is 13.2. The van der Waals surface area contributed by atoms with Crippen LogP contribution < -0.4 is 5.32 Å². The van der Waals surface area contributed by atoms with Crippen molar-refractivity contribution in [1.29, 1.82) is 0 Å². The molecule has 0 aliphatic heterocycles. The molecule has 0 amide bonds. The van der Waals surface area contributed by atoms with Crippen LogP contribution >= 0.6 is 11.8 Å². The number of nitrogens with zero attached hydrogens (tertiary/aromatic N) is 6. The quantitative estimate of drug-likeness (QED) is 0.702. The highest BCUT2D eigenvalue weighted by Gasteiger charge is 2.10. The number of anilines is 1. The number of aromatic nitrogens is 6. The fourth-order valence-electron chi connectivity index (χ4n) is 1.35. The SMILES string of the molecule is CCNc1nc(SCCS(C)(=O)=O)nc(-n2cncn2)n1. The molecule has 21 heavy (non-hydrogen) atoms. The van der Waals surface area contributed by atoms with Crippen molar-refractivity contribution < 1.29 is 8.42 Å². The van der Waals surface area contributed by atoms with Crippen LogP contribution in [0, 0.1) is 0 Å². The lowest BCUT2D eigenvalue weighted by atomic mass is 10.7. The summed E-state index contributed by atoms with van der Waals surface area (Å²) in [6.07, 6.45) is 4.06. The molecule has 2 aromatic heterocycles. The van der Waals surface area contributed by atoms with Crippen molar-refractivity contribution in [1.82, 2.24) is 29.7 Å². The Morgan fingerprint density at radius 3 is 2.76 bits per heavy atom. The van der Waals surface area contributed by atoms with Crippen molar-refractivity contribution in [2.45, 2.75) is 12.1 Å². The summed E-state index contributed by atoms with van der Waals surface area (Å²) in [5.41, 5.74) is 0. The van der Waals surface area contributed by atoms with Crippen molar-refractivity contribution in [2.75, 3.05) is 29.6 Å². The van der Waals surface area contributed by atoms with Gasteiger partial charge in [0, 0.05) is 18.6 Å². The molecular formula is C10H15N7O2S2. The van der Waals surface area contributed by atoms with Gasteiger partial charge in [0.15, 0.2) is 5.16 Å². The largest absolute Gasteiger partial charge is 0.354 e. The molecule has 0 saturated carbocycles. The molecule has 0 aliphatic rings. The number of thioether (sulfide) groups is 1. The van der Waals surface area contributed by atoms with Crippen LogP contribution in [0.3, 0.4) is 0 Å². The second-order valence-electron chi connectivity index (χ2n) is 4.09. The fraction of sp³-hybridized carbons (Fsp3) is 0.500. The van der Waals surface area contributed by atoms with Gasteiger partial charge in [-0.1, -0.05) is 11.8 Å². The van der Waals surface area contributed by atoms with E-state index in [1.807, 2.05) is 6.92 Å². The zero-order valence-electron chi connectivity index (χ0n) is 11.6. The second-order valence-corrected chi connectivity index (χ2v) is 7.41. The lowest BCUT2D eigenvalue weighted by molar-refractivity contribution is 0.603. The Kier molecular flexibility index (Phi) is 5.07. The lowest BCUT2D eigenvalue weighted by Gasteiger charge is -2.06. The Hall–Kier alpha value is -1.75. The Morgan fingerprint density at radius 1 is 1.33 bits per heavy atom. The van der Waals surface area contributed by atoms with E-state index in [-0.39, 0.29) is 5.75 Å². The van der Waals surface area contributed by atoms with Crippen molar-refractivity contribution in [3.8, 4) is 5.95 Å². The maximum Gasteiger partial charge on any atom is 0.257 e. The zero-order chi connectivity index (χ0) is 15.3. The third-order valence-electron chi connectivity index (χ3n) is 2.25. The molecule has 0 unspecified atom stereocenters. The first-order chi connectivity index (χ1) is 9.98. The number of rotatable bonds is 7. The number of hydrogen-bond acceptors (Lipinski definition) is 9. The standard InChI is InChI=1S/C10H15N7O2S2/c1-3-12-8-14-9(17-7-11-6-13-17)16-10(15-8)20-4-5-21(2,18)19/h6-7H,3-5H2,1-2H3,(H,12,14,15,16). The van der Waals surface area contributed by atoms with Gasteiger partial charge in [-0.2, -0.15) is 24.7 Å². The molecule has 0 bridgehead atoms. The monoisotopic (exact) mass is 329 g/mol. The maximum absolute atomic E-state index is 11.1. The molecule has 11 heteroatoms. The highest BCUT2D eigenvalue weighted by Crippen LogP contribution is 2.16. The first-order valence-corrected chi connectivity index (χ1v) is 9.18. The summed E-state index contributed by atoms with van der Waals surface area (Å²) in [6, 6.07) is 0. The van der Waals surface area contributed by atoms with E-state index in [1.54, 1.807) is 0 Å². The van der Waals surface area contributed by atoms with Crippen LogP contribution in [0.1, 0.15) is 6.92 Å². The number of hydrogen-bond donors (Lipinski definition) is 1. The van der Waals surface area contributed by atoms with E-state index in [9.17, 15) is 8.42 Å². The van der Waals surface area contributed by atoms with E-state index in [0.717, 1.165) is 0 Å². The molecule has 1 N–H and O–H groups in total. The molecule has 2 heterocycles. The molecule has 0 spiro atoms. The van der Waals surface area contributed by atoms with E-state index < -0.39 is 9.84 Å². The average molecular weight is 329 g/mol. The minimum absolute atomic E-state index is 0.0680. The number of nitrogens with one attached hydrogen (secondary N) is 1. The van der Waals surface area contributed by atoms with Crippen LogP contribution in [0.4, 0.5) is 5.95 Å². The van der Waals surface area contributed by atoms with Crippen LogP contribution in [-0.4, -0.2) is 62.4 Å². The highest BCUT2D eigenvalue weighted by molar-refractivity contribution is 8.00. The van der Waals surface area contributed by atoms with Gasteiger partial charge in [-0.3, -0.25) is 0 Å². The molecule has 2 aromatic rings. The molecule has 0 fully saturated rings. The fourth-order valence-corrected chi connectivity index (χ4v) is 3.37. The van der Waals surface area contributed by atoms with E-state index >= 15 is 0 Å². The summed E-state index contributed by atoms with van der Waals surface area (Å²) in [4.78, 5) is 16.5. The molecule has 2 rings (SSSR count). The summed E-state index contributed by atoms with van der Waals surface area (Å²) in [6.45, 7) is 2.59. The molecule has 0 atom stereocenters. The van der Waals surface area contributed by atoms with E-state index in [0.29, 0.717) is 29.4 Å².